The summed E-state index contributed by atoms with van der Waals surface area (Å²) < 4.78 is 0. The van der Waals surface area contributed by atoms with E-state index in [1.165, 1.54) is 56.0 Å². The van der Waals surface area contributed by atoms with Crippen LogP contribution < -0.4 is 0 Å². The van der Waals surface area contributed by atoms with Crippen molar-refractivity contribution in [3.63, 3.8) is 0 Å². The monoisotopic (exact) mass is 445 g/mol. The first-order valence-corrected chi connectivity index (χ1v) is 12.6. The first-order chi connectivity index (χ1) is 15.9. The van der Waals surface area contributed by atoms with Crippen LogP contribution in [0.2, 0.25) is 0 Å². The van der Waals surface area contributed by atoms with E-state index in [4.69, 9.17) is 0 Å². The van der Waals surface area contributed by atoms with Gasteiger partial charge in [0.1, 0.15) is 0 Å². The molecule has 2 aromatic rings. The predicted octanol–water partition coefficient (Wildman–Crippen LogP) is 9.04. The van der Waals surface area contributed by atoms with Gasteiger partial charge in [-0.05, 0) is 90.4 Å². The van der Waals surface area contributed by atoms with Gasteiger partial charge in [0.15, 0.2) is 0 Å². The fourth-order valence-electron chi connectivity index (χ4n) is 5.75. The zero-order valence-electron chi connectivity index (χ0n) is 22.0. The average Bonchev–Trinajstić information content (AvgIpc) is 2.97. The average molecular weight is 446 g/mol. The van der Waals surface area contributed by atoms with Crippen LogP contribution in [0.5, 0.6) is 0 Å². The first kappa shape index (κ1) is 22.8. The largest absolute Gasteiger partial charge is 0.0644 e. The second-order valence-corrected chi connectivity index (χ2v) is 12.5. The lowest BCUT2D eigenvalue weighted by atomic mass is 9.64. The lowest BCUT2D eigenvalue weighted by molar-refractivity contribution is 0.590. The van der Waals surface area contributed by atoms with E-state index >= 15 is 0 Å². The standard InChI is InChI=1S/C34H37/c1-32(2,3)22-17-19-23-24(20-18-22)30(33(4,5)6)21-27(23)31-25-13-9-11-15-28(25)34(7,8)29-16-12-10-14-26(29)31/h9-21H,1-8H3/q+1. The molecular weight excluding hydrogens is 408 g/mol. The van der Waals surface area contributed by atoms with E-state index < -0.39 is 0 Å². The minimum Gasteiger partial charge on any atom is -0.0574 e. The van der Waals surface area contributed by atoms with Crippen molar-refractivity contribution in [2.75, 3.05) is 0 Å². The highest BCUT2D eigenvalue weighted by atomic mass is 14.4. The van der Waals surface area contributed by atoms with Crippen molar-refractivity contribution >= 4 is 0 Å². The van der Waals surface area contributed by atoms with Crippen LogP contribution in [0.3, 0.4) is 0 Å². The highest BCUT2D eigenvalue weighted by Gasteiger charge is 2.44. The Hall–Kier alpha value is -2.99. The fourth-order valence-corrected chi connectivity index (χ4v) is 5.75. The number of hydrogen-bond acceptors (Lipinski definition) is 0. The normalized spacial score (nSPS) is 15.2. The molecule has 0 heterocycles. The Morgan fingerprint density at radius 2 is 1.06 bits per heavy atom. The minimum atomic E-state index is -0.0317. The molecule has 0 saturated heterocycles. The quantitative estimate of drug-likeness (QED) is 0.256. The molecule has 0 radical (unpaired) electrons. The Kier molecular flexibility index (Phi) is 5.03. The summed E-state index contributed by atoms with van der Waals surface area (Å²) in [7, 11) is 0. The summed E-state index contributed by atoms with van der Waals surface area (Å²) >= 11 is 0. The summed E-state index contributed by atoms with van der Waals surface area (Å²) in [5.74, 6) is 1.37. The van der Waals surface area contributed by atoms with Crippen molar-refractivity contribution in [3.8, 4) is 11.1 Å². The van der Waals surface area contributed by atoms with Crippen molar-refractivity contribution in [2.45, 2.75) is 71.6 Å². The second kappa shape index (κ2) is 7.51. The van der Waals surface area contributed by atoms with Gasteiger partial charge in [-0.1, -0.05) is 65.8 Å². The van der Waals surface area contributed by atoms with Gasteiger partial charge in [0.2, 0.25) is 0 Å². The van der Waals surface area contributed by atoms with E-state index in [0.717, 1.165) is 0 Å². The van der Waals surface area contributed by atoms with Crippen molar-refractivity contribution in [1.29, 1.82) is 0 Å². The van der Waals surface area contributed by atoms with Crippen LogP contribution in [-0.4, -0.2) is 0 Å². The van der Waals surface area contributed by atoms with Gasteiger partial charge in [-0.3, -0.25) is 0 Å². The van der Waals surface area contributed by atoms with Crippen molar-refractivity contribution < 1.29 is 0 Å². The van der Waals surface area contributed by atoms with Crippen molar-refractivity contribution in [2.24, 2.45) is 0 Å². The molecule has 0 N–H and O–H groups in total. The Morgan fingerprint density at radius 1 is 0.559 bits per heavy atom. The minimum absolute atomic E-state index is 0.0317. The fraction of sp³-hybridized carbons (Fsp3) is 0.324. The first-order valence-electron chi connectivity index (χ1n) is 12.6. The molecule has 3 aliphatic carbocycles. The van der Waals surface area contributed by atoms with Gasteiger partial charge in [-0.25, -0.2) is 0 Å². The molecule has 3 aliphatic rings. The maximum absolute atomic E-state index is 2.47. The van der Waals surface area contributed by atoms with E-state index in [-0.39, 0.29) is 16.2 Å². The Balaban J connectivity index is 1.86. The number of benzene rings is 2. The molecule has 2 aromatic carbocycles. The van der Waals surface area contributed by atoms with Crippen molar-refractivity contribution in [1.82, 2.24) is 0 Å². The Labute approximate surface area is 206 Å². The smallest absolute Gasteiger partial charge is 0.0574 e. The van der Waals surface area contributed by atoms with Crippen molar-refractivity contribution in [3.05, 3.63) is 124 Å². The van der Waals surface area contributed by atoms with Gasteiger partial charge in [-0.15, -0.1) is 0 Å². The molecule has 0 saturated carbocycles. The maximum atomic E-state index is 2.47. The number of rotatable bonds is 1. The third-order valence-electron chi connectivity index (χ3n) is 7.70. The van der Waals surface area contributed by atoms with E-state index in [1.807, 2.05) is 0 Å². The van der Waals surface area contributed by atoms with Crippen LogP contribution in [0.25, 0.3) is 11.1 Å². The summed E-state index contributed by atoms with van der Waals surface area (Å²) in [4.78, 5) is 0. The molecule has 172 valence electrons. The zero-order chi connectivity index (χ0) is 24.5. The second-order valence-electron chi connectivity index (χ2n) is 12.5. The van der Waals surface area contributed by atoms with Gasteiger partial charge in [0.05, 0.1) is 28.0 Å². The third-order valence-corrected chi connectivity index (χ3v) is 7.70. The molecule has 0 spiro atoms. The van der Waals surface area contributed by atoms with Crippen LogP contribution in [-0.2, 0) is 16.2 Å². The van der Waals surface area contributed by atoms with Crippen LogP contribution in [0.4, 0.5) is 0 Å². The molecule has 34 heavy (non-hydrogen) atoms. The number of hydrogen-bond donors (Lipinski definition) is 0. The van der Waals surface area contributed by atoms with Crippen LogP contribution in [0.1, 0.15) is 94.3 Å². The van der Waals surface area contributed by atoms with Crippen LogP contribution >= 0.6 is 0 Å². The zero-order valence-corrected chi connectivity index (χ0v) is 22.0. The molecule has 0 bridgehead atoms. The molecule has 0 nitrogen and oxygen atoms in total. The molecule has 0 aliphatic heterocycles. The third kappa shape index (κ3) is 3.47. The summed E-state index contributed by atoms with van der Waals surface area (Å²) in [6.07, 6.45) is 0. The highest BCUT2D eigenvalue weighted by Crippen LogP contribution is 2.52. The molecule has 0 fully saturated rings. The van der Waals surface area contributed by atoms with Gasteiger partial charge in [0, 0.05) is 22.3 Å². The summed E-state index contributed by atoms with van der Waals surface area (Å²) in [6.45, 7) is 18.6. The van der Waals surface area contributed by atoms with Gasteiger partial charge in [-0.2, -0.15) is 0 Å². The van der Waals surface area contributed by atoms with E-state index in [9.17, 15) is 0 Å². The molecule has 5 rings (SSSR count). The molecular formula is C34H37+. The predicted molar refractivity (Wildman–Crippen MR) is 146 cm³/mol. The Bertz CT molecular complexity index is 1290. The van der Waals surface area contributed by atoms with E-state index in [0.29, 0.717) is 0 Å². The maximum Gasteiger partial charge on any atom is 0.0644 e. The molecule has 0 atom stereocenters. The molecule has 0 aromatic heterocycles. The lowest BCUT2D eigenvalue weighted by Crippen LogP contribution is -2.30. The van der Waals surface area contributed by atoms with Gasteiger partial charge in [0.25, 0.3) is 0 Å². The topological polar surface area (TPSA) is 0 Å². The van der Waals surface area contributed by atoms with E-state index in [1.54, 1.807) is 0 Å². The molecule has 0 heteroatoms. The van der Waals surface area contributed by atoms with Crippen LogP contribution in [0.15, 0.2) is 78.9 Å². The summed E-state index contributed by atoms with van der Waals surface area (Å²) in [6, 6.07) is 29.9. The molecule has 0 unspecified atom stereocenters. The highest BCUT2D eigenvalue weighted by molar-refractivity contribution is 5.84. The Morgan fingerprint density at radius 3 is 1.56 bits per heavy atom. The van der Waals surface area contributed by atoms with Gasteiger partial charge >= 0.3 is 0 Å². The van der Waals surface area contributed by atoms with Crippen LogP contribution in [0, 0.1) is 5.92 Å². The van der Waals surface area contributed by atoms with E-state index in [2.05, 4.69) is 134 Å². The number of fused-ring (bicyclic) bond motifs is 3. The summed E-state index contributed by atoms with van der Waals surface area (Å²) in [5.41, 5.74) is 12.5. The van der Waals surface area contributed by atoms with Gasteiger partial charge < -0.3 is 0 Å². The lowest BCUT2D eigenvalue weighted by Gasteiger charge is -2.34. The SMILES string of the molecule is CC(C)(C)c1ccc2c([C+]3c4ccccc4C(C)(C)c4ccccc43)cc(C(C)(C)C)c-2cc1. The molecule has 0 amide bonds. The summed E-state index contributed by atoms with van der Waals surface area (Å²) in [5, 5.41) is 0.